The second kappa shape index (κ2) is 5.22. The van der Waals surface area contributed by atoms with E-state index in [1.54, 1.807) is 0 Å². The molecule has 2 atom stereocenters. The first-order valence-electron chi connectivity index (χ1n) is 5.65. The zero-order valence-corrected chi connectivity index (χ0v) is 12.3. The number of halogens is 2. The van der Waals surface area contributed by atoms with E-state index < -0.39 is 15.8 Å². The number of hydrogen-bond donors (Lipinski definition) is 0. The summed E-state index contributed by atoms with van der Waals surface area (Å²) in [6.45, 7) is 2.49. The third-order valence-corrected chi connectivity index (χ3v) is 5.83. The van der Waals surface area contributed by atoms with E-state index in [2.05, 4.69) is 20.9 Å². The maximum atomic E-state index is 13.1. The van der Waals surface area contributed by atoms with Crippen molar-refractivity contribution in [3.05, 3.63) is 24.3 Å². The summed E-state index contributed by atoms with van der Waals surface area (Å²) in [7, 11) is -3.65. The third kappa shape index (κ3) is 2.44. The molecule has 0 N–H and O–H groups in total. The van der Waals surface area contributed by atoms with Crippen LogP contribution in [0.2, 0.25) is 0 Å². The number of hydrogen-bond acceptors (Lipinski definition) is 3. The molecule has 1 aromatic heterocycles. The van der Waals surface area contributed by atoms with E-state index in [0.29, 0.717) is 17.8 Å². The van der Waals surface area contributed by atoms with Crippen LogP contribution in [0.5, 0.6) is 0 Å². The summed E-state index contributed by atoms with van der Waals surface area (Å²) < 4.78 is 39.3. The molecule has 1 saturated heterocycles. The quantitative estimate of drug-likeness (QED) is 0.793. The molecule has 1 aliphatic rings. The predicted molar refractivity (Wildman–Crippen MR) is 69.4 cm³/mol. The zero-order valence-electron chi connectivity index (χ0n) is 9.88. The minimum Gasteiger partial charge on any atom is -0.260 e. The molecule has 2 unspecified atom stereocenters. The summed E-state index contributed by atoms with van der Waals surface area (Å²) >= 11 is 3.34. The van der Waals surface area contributed by atoms with Gasteiger partial charge in [-0.3, -0.25) is 4.98 Å². The van der Waals surface area contributed by atoms with Gasteiger partial charge in [0.2, 0.25) is 10.0 Å². The van der Waals surface area contributed by atoms with Gasteiger partial charge >= 0.3 is 0 Å². The molecule has 1 fully saturated rings. The predicted octanol–water partition coefficient (Wildman–Crippen LogP) is 2.01. The van der Waals surface area contributed by atoms with Gasteiger partial charge in [0.1, 0.15) is 10.7 Å². The number of pyridine rings is 1. The monoisotopic (exact) mass is 336 g/mol. The van der Waals surface area contributed by atoms with Crippen molar-refractivity contribution in [1.82, 2.24) is 9.29 Å². The van der Waals surface area contributed by atoms with Crippen LogP contribution < -0.4 is 0 Å². The lowest BCUT2D eigenvalue weighted by molar-refractivity contribution is 0.378. The Kier molecular flexibility index (Phi) is 4.03. The van der Waals surface area contributed by atoms with Crippen LogP contribution in [0.1, 0.15) is 13.3 Å². The molecule has 0 saturated carbocycles. The number of alkyl halides is 1. The first-order chi connectivity index (χ1) is 8.46. The Hall–Kier alpha value is -0.530. The average Bonchev–Trinajstić information content (AvgIpc) is 2.71. The topological polar surface area (TPSA) is 50.3 Å². The van der Waals surface area contributed by atoms with Crippen molar-refractivity contribution >= 4 is 26.0 Å². The highest BCUT2D eigenvalue weighted by Crippen LogP contribution is 2.30. The van der Waals surface area contributed by atoms with Crippen molar-refractivity contribution in [2.75, 3.05) is 11.9 Å². The number of rotatable bonds is 3. The van der Waals surface area contributed by atoms with Crippen molar-refractivity contribution in [2.45, 2.75) is 24.3 Å². The molecule has 1 aliphatic heterocycles. The molecule has 2 rings (SSSR count). The Morgan fingerprint density at radius 3 is 2.89 bits per heavy atom. The van der Waals surface area contributed by atoms with Crippen molar-refractivity contribution in [3.63, 3.8) is 0 Å². The van der Waals surface area contributed by atoms with Gasteiger partial charge in [0.25, 0.3) is 0 Å². The maximum absolute atomic E-state index is 13.1. The summed E-state index contributed by atoms with van der Waals surface area (Å²) in [6, 6.07) is 0.926. The van der Waals surface area contributed by atoms with Crippen molar-refractivity contribution in [1.29, 1.82) is 0 Å². The van der Waals surface area contributed by atoms with Crippen molar-refractivity contribution in [2.24, 2.45) is 5.92 Å². The highest BCUT2D eigenvalue weighted by Gasteiger charge is 2.39. The van der Waals surface area contributed by atoms with Gasteiger partial charge in [-0.2, -0.15) is 4.31 Å². The summed E-state index contributed by atoms with van der Waals surface area (Å²) in [5, 5.41) is 0.580. The SMILES string of the molecule is CC1CCN(S(=O)(=O)c2cncc(F)c2)C1CBr. The van der Waals surface area contributed by atoms with Crippen LogP contribution in [-0.4, -0.2) is 35.6 Å². The van der Waals surface area contributed by atoms with Gasteiger partial charge in [0.15, 0.2) is 0 Å². The molecular weight excluding hydrogens is 323 g/mol. The fourth-order valence-electron chi connectivity index (χ4n) is 2.17. The molecule has 0 spiro atoms. The number of sulfonamides is 1. The lowest BCUT2D eigenvalue weighted by atomic mass is 10.1. The van der Waals surface area contributed by atoms with E-state index in [4.69, 9.17) is 0 Å². The fourth-order valence-corrected chi connectivity index (χ4v) is 5.06. The Labute approximate surface area is 114 Å². The molecule has 18 heavy (non-hydrogen) atoms. The van der Waals surface area contributed by atoms with E-state index in [0.717, 1.165) is 18.7 Å². The van der Waals surface area contributed by atoms with Crippen LogP contribution in [0.3, 0.4) is 0 Å². The van der Waals surface area contributed by atoms with Crippen molar-refractivity contribution in [3.8, 4) is 0 Å². The molecule has 100 valence electrons. The van der Waals surface area contributed by atoms with E-state index in [-0.39, 0.29) is 10.9 Å². The molecule has 0 aromatic carbocycles. The minimum atomic E-state index is -3.65. The van der Waals surface area contributed by atoms with Gasteiger partial charge in [-0.05, 0) is 18.4 Å². The van der Waals surface area contributed by atoms with Crippen LogP contribution in [0.25, 0.3) is 0 Å². The molecule has 0 bridgehead atoms. The van der Waals surface area contributed by atoms with E-state index in [1.807, 2.05) is 6.92 Å². The van der Waals surface area contributed by atoms with Crippen LogP contribution >= 0.6 is 15.9 Å². The molecule has 0 radical (unpaired) electrons. The Morgan fingerprint density at radius 1 is 1.56 bits per heavy atom. The highest BCUT2D eigenvalue weighted by molar-refractivity contribution is 9.09. The van der Waals surface area contributed by atoms with E-state index in [9.17, 15) is 12.8 Å². The molecule has 2 heterocycles. The molecule has 7 heteroatoms. The third-order valence-electron chi connectivity index (χ3n) is 3.28. The highest BCUT2D eigenvalue weighted by atomic mass is 79.9. The minimum absolute atomic E-state index is 0.0810. The molecular formula is C11H14BrFN2O2S. The second-order valence-electron chi connectivity index (χ2n) is 4.44. The first-order valence-corrected chi connectivity index (χ1v) is 8.21. The van der Waals surface area contributed by atoms with E-state index in [1.165, 1.54) is 10.5 Å². The van der Waals surface area contributed by atoms with Gasteiger partial charge in [-0.25, -0.2) is 12.8 Å². The standard InChI is InChI=1S/C11H14BrFN2O2S/c1-8-2-3-15(11(8)5-12)18(16,17)10-4-9(13)6-14-7-10/h4,6-8,11H,2-3,5H2,1H3. The maximum Gasteiger partial charge on any atom is 0.244 e. The largest absolute Gasteiger partial charge is 0.260 e. The van der Waals surface area contributed by atoms with Crippen LogP contribution in [0, 0.1) is 11.7 Å². The van der Waals surface area contributed by atoms with Crippen LogP contribution in [0.4, 0.5) is 4.39 Å². The van der Waals surface area contributed by atoms with Crippen molar-refractivity contribution < 1.29 is 12.8 Å². The normalized spacial score (nSPS) is 25.5. The molecule has 0 amide bonds. The van der Waals surface area contributed by atoms with Gasteiger partial charge < -0.3 is 0 Å². The summed E-state index contributed by atoms with van der Waals surface area (Å²) in [4.78, 5) is 3.52. The van der Waals surface area contributed by atoms with Gasteiger partial charge in [-0.1, -0.05) is 22.9 Å². The van der Waals surface area contributed by atoms with E-state index >= 15 is 0 Å². The Balaban J connectivity index is 2.37. The molecule has 4 nitrogen and oxygen atoms in total. The number of aromatic nitrogens is 1. The first kappa shape index (κ1) is 13.9. The second-order valence-corrected chi connectivity index (χ2v) is 6.98. The lowest BCUT2D eigenvalue weighted by Gasteiger charge is -2.24. The zero-order chi connectivity index (χ0) is 13.3. The van der Waals surface area contributed by atoms with Gasteiger partial charge in [0, 0.05) is 24.1 Å². The summed E-state index contributed by atoms with van der Waals surface area (Å²) in [5.74, 6) is -0.348. The van der Waals surface area contributed by atoms with Crippen LogP contribution in [-0.2, 0) is 10.0 Å². The smallest absolute Gasteiger partial charge is 0.244 e. The molecule has 1 aromatic rings. The fraction of sp³-hybridized carbons (Fsp3) is 0.545. The van der Waals surface area contributed by atoms with Gasteiger partial charge in [-0.15, -0.1) is 0 Å². The molecule has 0 aliphatic carbocycles. The number of nitrogens with zero attached hydrogens (tertiary/aromatic N) is 2. The van der Waals surface area contributed by atoms with Crippen LogP contribution in [0.15, 0.2) is 23.4 Å². The van der Waals surface area contributed by atoms with Gasteiger partial charge in [0.05, 0.1) is 6.20 Å². The average molecular weight is 337 g/mol. The Bertz CT molecular complexity index is 538. The summed E-state index contributed by atoms with van der Waals surface area (Å²) in [6.07, 6.45) is 3.00. The lowest BCUT2D eigenvalue weighted by Crippen LogP contribution is -2.38. The summed E-state index contributed by atoms with van der Waals surface area (Å²) in [5.41, 5.74) is 0. The Morgan fingerprint density at radius 2 is 2.28 bits per heavy atom.